The molecule has 0 radical (unpaired) electrons. The number of hydrogen-bond donors (Lipinski definition) is 2. The first kappa shape index (κ1) is 29.6. The average Bonchev–Trinajstić information content (AvgIpc) is 3.32. The van der Waals surface area contributed by atoms with Crippen LogP contribution in [-0.2, 0) is 27.9 Å². The Balaban J connectivity index is 1.88. The number of nitrogens with one attached hydrogen (secondary N) is 1. The molecule has 4 rings (SSSR count). The summed E-state index contributed by atoms with van der Waals surface area (Å²) in [6, 6.07) is 11.3. The van der Waals surface area contributed by atoms with Crippen molar-refractivity contribution in [2.75, 3.05) is 26.6 Å². The third kappa shape index (κ3) is 6.20. The Morgan fingerprint density at radius 3 is 2.39 bits per heavy atom. The number of aliphatic hydroxyl groups excluding tert-OH is 1. The van der Waals surface area contributed by atoms with Gasteiger partial charge < -0.3 is 29.5 Å². The number of methoxy groups -OCH3 is 2. The van der Waals surface area contributed by atoms with Crippen LogP contribution in [0.3, 0.4) is 0 Å². The summed E-state index contributed by atoms with van der Waals surface area (Å²) >= 11 is 0. The number of aromatic nitrogens is 3. The van der Waals surface area contributed by atoms with E-state index in [1.165, 1.54) is 43.8 Å². The van der Waals surface area contributed by atoms with Crippen LogP contribution in [0.15, 0.2) is 59.9 Å². The van der Waals surface area contributed by atoms with Gasteiger partial charge in [-0.15, -0.1) is 0 Å². The molecule has 2 aromatic heterocycles. The summed E-state index contributed by atoms with van der Waals surface area (Å²) in [7, 11) is 0.453. The summed E-state index contributed by atoms with van der Waals surface area (Å²) < 4.78 is 44.8. The van der Waals surface area contributed by atoms with Crippen LogP contribution in [0, 0.1) is 0 Å². The molecular formula is C28H33N5O7S. The van der Waals surface area contributed by atoms with E-state index in [1.54, 1.807) is 58.2 Å². The van der Waals surface area contributed by atoms with Crippen LogP contribution in [0.4, 0.5) is 16.3 Å². The summed E-state index contributed by atoms with van der Waals surface area (Å²) in [6.07, 6.45) is 2.10. The predicted molar refractivity (Wildman–Crippen MR) is 153 cm³/mol. The second kappa shape index (κ2) is 11.6. The zero-order chi connectivity index (χ0) is 29.9. The zero-order valence-corrected chi connectivity index (χ0v) is 24.5. The number of amides is 1. The normalized spacial score (nSPS) is 11.8. The topological polar surface area (TPSA) is 145 Å². The van der Waals surface area contributed by atoms with Crippen molar-refractivity contribution < 1.29 is 32.5 Å². The van der Waals surface area contributed by atoms with E-state index in [2.05, 4.69) is 15.3 Å². The molecule has 0 atom stereocenters. The maximum absolute atomic E-state index is 13.7. The smallest absolute Gasteiger partial charge is 0.410 e. The molecule has 218 valence electrons. The van der Waals surface area contributed by atoms with E-state index in [4.69, 9.17) is 14.2 Å². The van der Waals surface area contributed by atoms with Gasteiger partial charge in [0.15, 0.2) is 17.1 Å². The van der Waals surface area contributed by atoms with Crippen LogP contribution in [0.2, 0.25) is 0 Å². The minimum Gasteiger partial charge on any atom is -0.493 e. The number of fused-ring (bicyclic) bond motifs is 1. The van der Waals surface area contributed by atoms with Crippen molar-refractivity contribution in [2.24, 2.45) is 0 Å². The Morgan fingerprint density at radius 1 is 1.07 bits per heavy atom. The first-order chi connectivity index (χ1) is 19.4. The van der Waals surface area contributed by atoms with Crippen molar-refractivity contribution in [3.05, 3.63) is 66.1 Å². The van der Waals surface area contributed by atoms with Crippen molar-refractivity contribution in [1.82, 2.24) is 18.8 Å². The van der Waals surface area contributed by atoms with E-state index < -0.39 is 21.7 Å². The van der Waals surface area contributed by atoms with Crippen LogP contribution in [0.5, 0.6) is 11.5 Å². The summed E-state index contributed by atoms with van der Waals surface area (Å²) in [5, 5.41) is 13.5. The lowest BCUT2D eigenvalue weighted by molar-refractivity contribution is 0.0285. The van der Waals surface area contributed by atoms with E-state index >= 15 is 0 Å². The van der Waals surface area contributed by atoms with Gasteiger partial charge in [-0.1, -0.05) is 18.2 Å². The minimum absolute atomic E-state index is 0.00139. The molecule has 13 heteroatoms. The molecule has 0 fully saturated rings. The Hall–Kier alpha value is -4.36. The molecule has 2 aromatic carbocycles. The van der Waals surface area contributed by atoms with Gasteiger partial charge in [-0.05, 0) is 39.0 Å². The maximum atomic E-state index is 13.7. The number of carbonyl (C=O) groups is 1. The SMILES string of the molecule is COc1cc(Nc2ncnc3c2c(CN(C)C(=O)OC(C)(C)C)cn3S(=O)(=O)c2ccccc2)cc(CO)c1OC. The van der Waals surface area contributed by atoms with Gasteiger partial charge in [-0.2, -0.15) is 0 Å². The summed E-state index contributed by atoms with van der Waals surface area (Å²) in [6.45, 7) is 4.97. The molecule has 0 bridgehead atoms. The molecule has 4 aromatic rings. The Bertz CT molecular complexity index is 1640. The summed E-state index contributed by atoms with van der Waals surface area (Å²) in [5.74, 6) is 1.04. The van der Waals surface area contributed by atoms with Crippen LogP contribution in [-0.4, -0.2) is 65.3 Å². The van der Waals surface area contributed by atoms with Crippen LogP contribution in [0.25, 0.3) is 11.0 Å². The fourth-order valence-corrected chi connectivity index (χ4v) is 5.60. The minimum atomic E-state index is -4.06. The molecule has 0 saturated heterocycles. The van der Waals surface area contributed by atoms with Gasteiger partial charge in [0.25, 0.3) is 10.0 Å². The predicted octanol–water partition coefficient (Wildman–Crippen LogP) is 4.29. The highest BCUT2D eigenvalue weighted by Crippen LogP contribution is 2.37. The third-order valence-corrected chi connectivity index (χ3v) is 7.70. The van der Waals surface area contributed by atoms with Gasteiger partial charge in [0, 0.05) is 36.1 Å². The fourth-order valence-electron chi connectivity index (χ4n) is 4.24. The Morgan fingerprint density at radius 2 is 1.78 bits per heavy atom. The van der Waals surface area contributed by atoms with Crippen LogP contribution >= 0.6 is 0 Å². The first-order valence-corrected chi connectivity index (χ1v) is 14.1. The number of anilines is 2. The van der Waals surface area contributed by atoms with E-state index in [0.717, 1.165) is 3.97 Å². The van der Waals surface area contributed by atoms with Gasteiger partial charge in [-0.25, -0.2) is 27.2 Å². The van der Waals surface area contributed by atoms with E-state index in [0.29, 0.717) is 33.7 Å². The molecule has 0 aliphatic carbocycles. The first-order valence-electron chi connectivity index (χ1n) is 12.6. The largest absolute Gasteiger partial charge is 0.493 e. The van der Waals surface area contributed by atoms with Crippen molar-refractivity contribution in [1.29, 1.82) is 0 Å². The van der Waals surface area contributed by atoms with Crippen molar-refractivity contribution in [3.63, 3.8) is 0 Å². The maximum Gasteiger partial charge on any atom is 0.410 e. The van der Waals surface area contributed by atoms with E-state index in [1.807, 2.05) is 0 Å². The highest BCUT2D eigenvalue weighted by molar-refractivity contribution is 7.90. The molecule has 0 aliphatic heterocycles. The second-order valence-electron chi connectivity index (χ2n) is 10.2. The van der Waals surface area contributed by atoms with Crippen molar-refractivity contribution in [2.45, 2.75) is 44.4 Å². The number of carbonyl (C=O) groups excluding carboxylic acids is 1. The lowest BCUT2D eigenvalue weighted by Gasteiger charge is -2.24. The summed E-state index contributed by atoms with van der Waals surface area (Å²) in [5.41, 5.74) is 0.815. The highest BCUT2D eigenvalue weighted by atomic mass is 32.2. The number of ether oxygens (including phenoxy) is 3. The number of nitrogens with zero attached hydrogens (tertiary/aromatic N) is 4. The Kier molecular flexibility index (Phi) is 8.40. The molecule has 0 unspecified atom stereocenters. The van der Waals surface area contributed by atoms with Crippen molar-refractivity contribution >= 4 is 38.7 Å². The standard InChI is InChI=1S/C28H33N5O7S/c1-28(2,3)40-27(35)32(4)14-19-15-33(41(36,37)21-10-8-7-9-11-21)26-23(19)25(29-17-30-26)31-20-12-18(16-34)24(39-6)22(13-20)38-5/h7-13,15,17,34H,14,16H2,1-6H3,(H,29,30,31). The van der Waals surface area contributed by atoms with Crippen LogP contribution in [0.1, 0.15) is 31.9 Å². The van der Waals surface area contributed by atoms with Gasteiger partial charge >= 0.3 is 6.09 Å². The highest BCUT2D eigenvalue weighted by Gasteiger charge is 2.27. The molecule has 2 heterocycles. The lowest BCUT2D eigenvalue weighted by atomic mass is 10.1. The quantitative estimate of drug-likeness (QED) is 0.293. The lowest BCUT2D eigenvalue weighted by Crippen LogP contribution is -2.33. The molecule has 2 N–H and O–H groups in total. The van der Waals surface area contributed by atoms with E-state index in [-0.39, 0.29) is 29.5 Å². The van der Waals surface area contributed by atoms with Gasteiger partial charge in [0.1, 0.15) is 17.7 Å². The zero-order valence-electron chi connectivity index (χ0n) is 23.7. The molecule has 0 spiro atoms. The molecule has 1 amide bonds. The van der Waals surface area contributed by atoms with Crippen molar-refractivity contribution in [3.8, 4) is 11.5 Å². The Labute approximate surface area is 238 Å². The average molecular weight is 584 g/mol. The number of benzene rings is 2. The molecule has 41 heavy (non-hydrogen) atoms. The number of rotatable bonds is 9. The van der Waals surface area contributed by atoms with Crippen LogP contribution < -0.4 is 14.8 Å². The molecule has 0 saturated carbocycles. The second-order valence-corrected chi connectivity index (χ2v) is 12.0. The van der Waals surface area contributed by atoms with Gasteiger partial charge in [-0.3, -0.25) is 0 Å². The molecular weight excluding hydrogens is 550 g/mol. The monoisotopic (exact) mass is 583 g/mol. The van der Waals surface area contributed by atoms with E-state index in [9.17, 15) is 18.3 Å². The number of hydrogen-bond acceptors (Lipinski definition) is 10. The third-order valence-electron chi connectivity index (χ3n) is 6.03. The van der Waals surface area contributed by atoms with Gasteiger partial charge in [0.05, 0.1) is 37.7 Å². The molecule has 12 nitrogen and oxygen atoms in total. The molecule has 0 aliphatic rings. The van der Waals surface area contributed by atoms with Gasteiger partial charge in [0.2, 0.25) is 0 Å². The fraction of sp³-hybridized carbons (Fsp3) is 0.321. The number of aliphatic hydroxyl groups is 1. The summed E-state index contributed by atoms with van der Waals surface area (Å²) in [4.78, 5) is 22.9.